The number of carbonyl (C=O) groups excluding carboxylic acids is 2. The molecule has 2 aromatic rings. The van der Waals surface area contributed by atoms with Gasteiger partial charge in [-0.2, -0.15) is 0 Å². The Balaban J connectivity index is 1.61. The van der Waals surface area contributed by atoms with E-state index in [1.54, 1.807) is 31.1 Å². The molecule has 1 saturated carbocycles. The van der Waals surface area contributed by atoms with Crippen LogP contribution in [-0.2, 0) is 16.1 Å². The highest BCUT2D eigenvalue weighted by atomic mass is 35.5. The zero-order chi connectivity index (χ0) is 24.5. The number of halogens is 2. The largest absolute Gasteiger partial charge is 0.497 e. The van der Waals surface area contributed by atoms with E-state index in [0.717, 1.165) is 37.0 Å². The van der Waals surface area contributed by atoms with Crippen molar-refractivity contribution >= 4 is 35.0 Å². The minimum atomic E-state index is -0.606. The molecule has 6 nitrogen and oxygen atoms in total. The van der Waals surface area contributed by atoms with Gasteiger partial charge < -0.3 is 19.7 Å². The van der Waals surface area contributed by atoms with Crippen LogP contribution in [0.3, 0.4) is 0 Å². The van der Waals surface area contributed by atoms with E-state index in [4.69, 9.17) is 32.7 Å². The average Bonchev–Trinajstić information content (AvgIpc) is 3.35. The molecule has 0 spiro atoms. The Kier molecular flexibility index (Phi) is 9.90. The molecule has 34 heavy (non-hydrogen) atoms. The Morgan fingerprint density at radius 3 is 2.38 bits per heavy atom. The van der Waals surface area contributed by atoms with Crippen molar-refractivity contribution in [2.24, 2.45) is 0 Å². The molecular formula is C26H32Cl2N2O4. The maximum absolute atomic E-state index is 13.2. The van der Waals surface area contributed by atoms with Crippen LogP contribution >= 0.6 is 23.2 Å². The van der Waals surface area contributed by atoms with Gasteiger partial charge in [0.15, 0.2) is 0 Å². The normalized spacial score (nSPS) is 14.5. The van der Waals surface area contributed by atoms with Crippen LogP contribution in [-0.4, -0.2) is 42.5 Å². The molecule has 0 aliphatic heterocycles. The van der Waals surface area contributed by atoms with Crippen LogP contribution in [0.2, 0.25) is 10.0 Å². The molecule has 1 unspecified atom stereocenters. The third kappa shape index (κ3) is 7.54. The first-order chi connectivity index (χ1) is 16.4. The first-order valence-electron chi connectivity index (χ1n) is 11.7. The maximum atomic E-state index is 13.2. The summed E-state index contributed by atoms with van der Waals surface area (Å²) < 4.78 is 10.9. The number of nitrogens with one attached hydrogen (secondary N) is 1. The summed E-state index contributed by atoms with van der Waals surface area (Å²) in [6.45, 7) is 2.43. The summed E-state index contributed by atoms with van der Waals surface area (Å²) in [6, 6.07) is 12.1. The van der Waals surface area contributed by atoms with Gasteiger partial charge in [-0.15, -0.1) is 0 Å². The number of rotatable bonds is 11. The molecule has 184 valence electrons. The molecule has 0 heterocycles. The third-order valence-electron chi connectivity index (χ3n) is 6.07. The number of amides is 2. The molecule has 1 fully saturated rings. The van der Waals surface area contributed by atoms with Crippen LogP contribution < -0.4 is 14.8 Å². The van der Waals surface area contributed by atoms with Crippen LogP contribution in [0.5, 0.6) is 11.5 Å². The highest BCUT2D eigenvalue weighted by Crippen LogP contribution is 2.24. The zero-order valence-corrected chi connectivity index (χ0v) is 21.2. The second-order valence-corrected chi connectivity index (χ2v) is 9.38. The van der Waals surface area contributed by atoms with E-state index < -0.39 is 6.04 Å². The van der Waals surface area contributed by atoms with Crippen LogP contribution in [0.25, 0.3) is 0 Å². The van der Waals surface area contributed by atoms with Crippen molar-refractivity contribution in [3.05, 3.63) is 58.1 Å². The monoisotopic (exact) mass is 506 g/mol. The van der Waals surface area contributed by atoms with Crippen LogP contribution in [0.1, 0.15) is 51.0 Å². The van der Waals surface area contributed by atoms with E-state index >= 15 is 0 Å². The molecule has 8 heteroatoms. The molecule has 1 N–H and O–H groups in total. The molecule has 2 aromatic carbocycles. The summed E-state index contributed by atoms with van der Waals surface area (Å²) in [7, 11) is 1.61. The number of hydrogen-bond donors (Lipinski definition) is 1. The lowest BCUT2D eigenvalue weighted by Crippen LogP contribution is -2.49. The summed E-state index contributed by atoms with van der Waals surface area (Å²) in [4.78, 5) is 27.7. The molecular weight excluding hydrogens is 475 g/mol. The minimum Gasteiger partial charge on any atom is -0.497 e. The van der Waals surface area contributed by atoms with Crippen molar-refractivity contribution in [1.82, 2.24) is 10.2 Å². The van der Waals surface area contributed by atoms with Gasteiger partial charge in [0.25, 0.3) is 0 Å². The van der Waals surface area contributed by atoms with Crippen LogP contribution in [0, 0.1) is 0 Å². The predicted octanol–water partition coefficient (Wildman–Crippen LogP) is 5.64. The zero-order valence-electron chi connectivity index (χ0n) is 19.7. The molecule has 3 rings (SSSR count). The molecule has 1 aliphatic rings. The summed E-state index contributed by atoms with van der Waals surface area (Å²) in [5.41, 5.74) is 0.817. The van der Waals surface area contributed by atoms with Gasteiger partial charge in [-0.25, -0.2) is 0 Å². The van der Waals surface area contributed by atoms with Crippen molar-refractivity contribution in [3.63, 3.8) is 0 Å². The first-order valence-corrected chi connectivity index (χ1v) is 12.4. The number of ether oxygens (including phenoxy) is 2. The van der Waals surface area contributed by atoms with Gasteiger partial charge >= 0.3 is 0 Å². The number of methoxy groups -OCH3 is 1. The third-order valence-corrected chi connectivity index (χ3v) is 6.81. The second kappa shape index (κ2) is 12.9. The lowest BCUT2D eigenvalue weighted by Gasteiger charge is -2.30. The van der Waals surface area contributed by atoms with Gasteiger partial charge in [0.2, 0.25) is 11.8 Å². The Morgan fingerprint density at radius 1 is 1.06 bits per heavy atom. The summed E-state index contributed by atoms with van der Waals surface area (Å²) >= 11 is 12.2. The molecule has 2 amide bonds. The number of nitrogens with zero attached hydrogens (tertiary/aromatic N) is 1. The Hall–Kier alpha value is -2.44. The summed E-state index contributed by atoms with van der Waals surface area (Å²) in [5.74, 6) is 1.23. The van der Waals surface area contributed by atoms with E-state index in [9.17, 15) is 9.59 Å². The van der Waals surface area contributed by atoms with Gasteiger partial charge in [0.1, 0.15) is 17.5 Å². The van der Waals surface area contributed by atoms with Gasteiger partial charge in [-0.1, -0.05) is 42.1 Å². The highest BCUT2D eigenvalue weighted by molar-refractivity contribution is 6.42. The summed E-state index contributed by atoms with van der Waals surface area (Å²) in [5, 5.41) is 3.97. The highest BCUT2D eigenvalue weighted by Gasteiger charge is 2.28. The van der Waals surface area contributed by atoms with Crippen LogP contribution in [0.15, 0.2) is 42.5 Å². The number of carbonyl (C=O) groups is 2. The van der Waals surface area contributed by atoms with E-state index in [0.29, 0.717) is 28.8 Å². The van der Waals surface area contributed by atoms with Gasteiger partial charge in [-0.05, 0) is 68.1 Å². The molecule has 0 radical (unpaired) electrons. The Bertz CT molecular complexity index is 962. The SMILES string of the molecule is COc1ccc(OCCCC(=O)N(Cc2ccc(Cl)c(Cl)c2)C(C)C(=O)NC2CCCC2)cc1. The lowest BCUT2D eigenvalue weighted by molar-refractivity contribution is -0.141. The fraction of sp³-hybridized carbons (Fsp3) is 0.462. The number of hydrogen-bond acceptors (Lipinski definition) is 4. The molecule has 1 atom stereocenters. The first kappa shape index (κ1) is 26.2. The van der Waals surface area contributed by atoms with Gasteiger partial charge in [-0.3, -0.25) is 9.59 Å². The fourth-order valence-corrected chi connectivity index (χ4v) is 4.36. The number of benzene rings is 2. The molecule has 0 saturated heterocycles. The minimum absolute atomic E-state index is 0.113. The topological polar surface area (TPSA) is 67.9 Å². The molecule has 0 bridgehead atoms. The lowest BCUT2D eigenvalue weighted by atomic mass is 10.1. The average molecular weight is 507 g/mol. The second-order valence-electron chi connectivity index (χ2n) is 8.56. The maximum Gasteiger partial charge on any atom is 0.242 e. The fourth-order valence-electron chi connectivity index (χ4n) is 4.04. The Morgan fingerprint density at radius 2 is 1.74 bits per heavy atom. The van der Waals surface area contributed by atoms with Crippen molar-refractivity contribution in [3.8, 4) is 11.5 Å². The molecule has 1 aliphatic carbocycles. The van der Waals surface area contributed by atoms with Gasteiger partial charge in [0.05, 0.1) is 23.8 Å². The van der Waals surface area contributed by atoms with E-state index in [-0.39, 0.29) is 30.8 Å². The van der Waals surface area contributed by atoms with E-state index in [1.807, 2.05) is 30.3 Å². The van der Waals surface area contributed by atoms with E-state index in [2.05, 4.69) is 5.32 Å². The summed E-state index contributed by atoms with van der Waals surface area (Å²) in [6.07, 6.45) is 5.01. The standard InChI is InChI=1S/C26H32Cl2N2O4/c1-18(26(32)29-20-6-3-4-7-20)30(17-19-9-14-23(27)24(28)16-19)25(31)8-5-15-34-22-12-10-21(33-2)11-13-22/h9-14,16,18,20H,3-8,15,17H2,1-2H3,(H,29,32). The Labute approximate surface area is 211 Å². The van der Waals surface area contributed by atoms with Crippen molar-refractivity contribution in [2.45, 2.75) is 64.1 Å². The predicted molar refractivity (Wildman–Crippen MR) is 135 cm³/mol. The van der Waals surface area contributed by atoms with Crippen molar-refractivity contribution in [2.75, 3.05) is 13.7 Å². The quantitative estimate of drug-likeness (QED) is 0.400. The van der Waals surface area contributed by atoms with Gasteiger partial charge in [0, 0.05) is 19.0 Å². The van der Waals surface area contributed by atoms with E-state index in [1.165, 1.54) is 0 Å². The van der Waals surface area contributed by atoms with Crippen molar-refractivity contribution < 1.29 is 19.1 Å². The smallest absolute Gasteiger partial charge is 0.242 e. The molecule has 0 aromatic heterocycles. The van der Waals surface area contributed by atoms with Crippen molar-refractivity contribution in [1.29, 1.82) is 0 Å². The van der Waals surface area contributed by atoms with Crippen LogP contribution in [0.4, 0.5) is 0 Å².